The Labute approximate surface area is 102 Å². The molecule has 0 fully saturated rings. The van der Waals surface area contributed by atoms with Gasteiger partial charge in [0.05, 0.1) is 21.5 Å². The Balaban J connectivity index is 3.11. The van der Waals surface area contributed by atoms with Crippen molar-refractivity contribution in [2.45, 2.75) is 13.3 Å². The predicted octanol–water partition coefficient (Wildman–Crippen LogP) is 3.81. The maximum absolute atomic E-state index is 11.5. The third-order valence-electron chi connectivity index (χ3n) is 1.75. The molecule has 0 unspecified atom stereocenters. The highest BCUT2D eigenvalue weighted by Gasteiger charge is 2.16. The van der Waals surface area contributed by atoms with Crippen LogP contribution in [-0.4, -0.2) is 11.6 Å². The molecule has 0 aromatic heterocycles. The molecular formula is C10H7Cl3O2. The summed E-state index contributed by atoms with van der Waals surface area (Å²) in [6.07, 6.45) is -0.183. The fraction of sp³-hybridized carbons (Fsp3) is 0.200. The summed E-state index contributed by atoms with van der Waals surface area (Å²) in [7, 11) is 0. The van der Waals surface area contributed by atoms with Gasteiger partial charge in [-0.2, -0.15) is 0 Å². The lowest BCUT2D eigenvalue weighted by Gasteiger charge is -2.04. The number of hydrogen-bond donors (Lipinski definition) is 0. The number of carbonyl (C=O) groups excluding carboxylic acids is 2. The van der Waals surface area contributed by atoms with E-state index < -0.39 is 0 Å². The topological polar surface area (TPSA) is 34.1 Å². The summed E-state index contributed by atoms with van der Waals surface area (Å²) < 4.78 is 0. The summed E-state index contributed by atoms with van der Waals surface area (Å²) in [5.74, 6) is -0.576. The third kappa shape index (κ3) is 2.94. The van der Waals surface area contributed by atoms with Gasteiger partial charge in [0.15, 0.2) is 5.78 Å². The van der Waals surface area contributed by atoms with E-state index >= 15 is 0 Å². The molecule has 0 N–H and O–H groups in total. The minimum atomic E-state index is -0.355. The molecule has 15 heavy (non-hydrogen) atoms. The van der Waals surface area contributed by atoms with Crippen LogP contribution in [0.2, 0.25) is 15.1 Å². The summed E-state index contributed by atoms with van der Waals surface area (Å²) in [5.41, 5.74) is 0.223. The van der Waals surface area contributed by atoms with Gasteiger partial charge in [0.25, 0.3) is 0 Å². The van der Waals surface area contributed by atoms with Crippen molar-refractivity contribution in [3.05, 3.63) is 32.8 Å². The molecule has 0 bridgehead atoms. The van der Waals surface area contributed by atoms with E-state index in [9.17, 15) is 9.59 Å². The number of benzene rings is 1. The van der Waals surface area contributed by atoms with Crippen LogP contribution in [0.3, 0.4) is 0 Å². The molecule has 1 aromatic rings. The largest absolute Gasteiger partial charge is 0.300 e. The standard InChI is InChI=1S/C10H7Cl3O2/c1-5(14)4-8(15)6-2-3-7(11)10(13)9(6)12/h2-3H,4H2,1H3. The first-order chi connectivity index (χ1) is 6.93. The SMILES string of the molecule is CC(=O)CC(=O)c1ccc(Cl)c(Cl)c1Cl. The number of hydrogen-bond acceptors (Lipinski definition) is 2. The predicted molar refractivity (Wildman–Crippen MR) is 61.1 cm³/mol. The van der Waals surface area contributed by atoms with Crippen LogP contribution < -0.4 is 0 Å². The van der Waals surface area contributed by atoms with Crippen LogP contribution in [0.5, 0.6) is 0 Å². The molecule has 0 aliphatic heterocycles. The van der Waals surface area contributed by atoms with E-state index in [4.69, 9.17) is 34.8 Å². The van der Waals surface area contributed by atoms with Crippen LogP contribution in [0.25, 0.3) is 0 Å². The van der Waals surface area contributed by atoms with E-state index in [0.29, 0.717) is 0 Å². The monoisotopic (exact) mass is 264 g/mol. The average molecular weight is 266 g/mol. The minimum absolute atomic E-state index is 0.0930. The zero-order chi connectivity index (χ0) is 11.6. The third-order valence-corrected chi connectivity index (χ3v) is 3.04. The normalized spacial score (nSPS) is 10.1. The average Bonchev–Trinajstić information content (AvgIpc) is 2.13. The van der Waals surface area contributed by atoms with Crippen LogP contribution in [0.1, 0.15) is 23.7 Å². The zero-order valence-electron chi connectivity index (χ0n) is 7.81. The minimum Gasteiger partial charge on any atom is -0.300 e. The van der Waals surface area contributed by atoms with Gasteiger partial charge in [-0.05, 0) is 19.1 Å². The van der Waals surface area contributed by atoms with Gasteiger partial charge >= 0.3 is 0 Å². The van der Waals surface area contributed by atoms with E-state index in [2.05, 4.69) is 0 Å². The second-order valence-corrected chi connectivity index (χ2v) is 4.19. The van der Waals surface area contributed by atoms with Crippen molar-refractivity contribution in [1.82, 2.24) is 0 Å². The second kappa shape index (κ2) is 4.97. The lowest BCUT2D eigenvalue weighted by Crippen LogP contribution is -2.05. The lowest BCUT2D eigenvalue weighted by molar-refractivity contribution is -0.116. The first-order valence-electron chi connectivity index (χ1n) is 4.09. The van der Waals surface area contributed by atoms with E-state index in [1.165, 1.54) is 19.1 Å². The van der Waals surface area contributed by atoms with Gasteiger partial charge in [0.2, 0.25) is 0 Å². The van der Waals surface area contributed by atoms with Gasteiger partial charge in [-0.3, -0.25) is 9.59 Å². The molecule has 0 atom stereocenters. The Hall–Kier alpha value is -0.570. The van der Waals surface area contributed by atoms with E-state index in [-0.39, 0.29) is 38.6 Å². The van der Waals surface area contributed by atoms with Crippen molar-refractivity contribution < 1.29 is 9.59 Å². The molecule has 0 aliphatic rings. The highest BCUT2D eigenvalue weighted by atomic mass is 35.5. The van der Waals surface area contributed by atoms with E-state index in [1.54, 1.807) is 0 Å². The maximum atomic E-state index is 11.5. The van der Waals surface area contributed by atoms with Crippen LogP contribution in [0.15, 0.2) is 12.1 Å². The lowest BCUT2D eigenvalue weighted by atomic mass is 10.1. The van der Waals surface area contributed by atoms with Crippen molar-refractivity contribution in [3.63, 3.8) is 0 Å². The van der Waals surface area contributed by atoms with Crippen molar-refractivity contribution >= 4 is 46.4 Å². The van der Waals surface area contributed by atoms with Crippen LogP contribution in [-0.2, 0) is 4.79 Å². The maximum Gasteiger partial charge on any atom is 0.171 e. The summed E-state index contributed by atoms with van der Waals surface area (Å²) in [5, 5.41) is 0.504. The molecule has 0 spiro atoms. The first kappa shape index (κ1) is 12.5. The molecule has 0 aliphatic carbocycles. The van der Waals surface area contributed by atoms with Crippen molar-refractivity contribution in [1.29, 1.82) is 0 Å². The molecule has 0 saturated carbocycles. The van der Waals surface area contributed by atoms with Crippen LogP contribution >= 0.6 is 34.8 Å². The Morgan fingerprint density at radius 2 is 1.73 bits per heavy atom. The molecule has 1 rings (SSSR count). The molecule has 80 valence electrons. The molecule has 2 nitrogen and oxygen atoms in total. The molecule has 1 aromatic carbocycles. The highest BCUT2D eigenvalue weighted by molar-refractivity contribution is 6.49. The van der Waals surface area contributed by atoms with E-state index in [1.807, 2.05) is 0 Å². The Morgan fingerprint density at radius 3 is 2.27 bits per heavy atom. The zero-order valence-corrected chi connectivity index (χ0v) is 10.1. The molecule has 0 radical (unpaired) electrons. The number of rotatable bonds is 3. The van der Waals surface area contributed by atoms with Gasteiger partial charge in [0, 0.05) is 5.56 Å². The quantitative estimate of drug-likeness (QED) is 0.473. The number of Topliss-reactive ketones (excluding diaryl/α,β-unsaturated/α-hetero) is 2. The van der Waals surface area contributed by atoms with Gasteiger partial charge in [-0.15, -0.1) is 0 Å². The Bertz CT molecular complexity index is 427. The molecule has 0 heterocycles. The van der Waals surface area contributed by atoms with Gasteiger partial charge < -0.3 is 0 Å². The smallest absolute Gasteiger partial charge is 0.171 e. The molecule has 0 saturated heterocycles. The number of halogens is 3. The van der Waals surface area contributed by atoms with Crippen molar-refractivity contribution in [3.8, 4) is 0 Å². The Morgan fingerprint density at radius 1 is 1.13 bits per heavy atom. The number of carbonyl (C=O) groups is 2. The van der Waals surface area contributed by atoms with Gasteiger partial charge in [0.1, 0.15) is 5.78 Å². The highest BCUT2D eigenvalue weighted by Crippen LogP contribution is 2.33. The van der Waals surface area contributed by atoms with Crippen molar-refractivity contribution in [2.24, 2.45) is 0 Å². The van der Waals surface area contributed by atoms with Crippen molar-refractivity contribution in [2.75, 3.05) is 0 Å². The van der Waals surface area contributed by atoms with Gasteiger partial charge in [-0.1, -0.05) is 34.8 Å². The summed E-state index contributed by atoms with van der Waals surface area (Å²) in [4.78, 5) is 22.3. The van der Waals surface area contributed by atoms with Crippen LogP contribution in [0, 0.1) is 0 Å². The Kier molecular flexibility index (Phi) is 4.14. The van der Waals surface area contributed by atoms with Crippen LogP contribution in [0.4, 0.5) is 0 Å². The summed E-state index contributed by atoms with van der Waals surface area (Å²) in [6, 6.07) is 2.94. The fourth-order valence-electron chi connectivity index (χ4n) is 1.06. The number of ketones is 2. The summed E-state index contributed by atoms with van der Waals surface area (Å²) in [6.45, 7) is 1.34. The van der Waals surface area contributed by atoms with E-state index in [0.717, 1.165) is 0 Å². The van der Waals surface area contributed by atoms with Gasteiger partial charge in [-0.25, -0.2) is 0 Å². The molecule has 5 heteroatoms. The second-order valence-electron chi connectivity index (χ2n) is 3.02. The molecular weight excluding hydrogens is 258 g/mol. The summed E-state index contributed by atoms with van der Waals surface area (Å²) >= 11 is 17.3. The first-order valence-corrected chi connectivity index (χ1v) is 5.23. The molecule has 0 amide bonds. The fourth-order valence-corrected chi connectivity index (χ4v) is 1.70.